The van der Waals surface area contributed by atoms with Gasteiger partial charge in [-0.2, -0.15) is 0 Å². The Labute approximate surface area is 121 Å². The van der Waals surface area contributed by atoms with E-state index in [9.17, 15) is 0 Å². The molecule has 0 saturated carbocycles. The van der Waals surface area contributed by atoms with Gasteiger partial charge in [-0.1, -0.05) is 35.5 Å². The van der Waals surface area contributed by atoms with Gasteiger partial charge in [0.05, 0.1) is 12.7 Å². The van der Waals surface area contributed by atoms with E-state index in [-0.39, 0.29) is 0 Å². The fraction of sp³-hybridized carbons (Fsp3) is 0.143. The second kappa shape index (κ2) is 6.00. The summed E-state index contributed by atoms with van der Waals surface area (Å²) in [7, 11) is 0. The van der Waals surface area contributed by atoms with Crippen LogP contribution in [0.1, 0.15) is 0 Å². The number of nitrogens with one attached hydrogen (secondary N) is 1. The Bertz CT molecular complexity index is 695. The van der Waals surface area contributed by atoms with Gasteiger partial charge in [-0.25, -0.2) is 9.97 Å². The van der Waals surface area contributed by atoms with Crippen molar-refractivity contribution >= 4 is 11.6 Å². The number of anilines is 2. The van der Waals surface area contributed by atoms with Crippen molar-refractivity contribution in [2.75, 3.05) is 17.6 Å². The monoisotopic (exact) mass is 281 g/mol. The number of rotatable bonds is 5. The number of benzene rings is 1. The molecule has 0 bridgehead atoms. The van der Waals surface area contributed by atoms with Gasteiger partial charge in [-0.15, -0.1) is 5.10 Å². The van der Waals surface area contributed by atoms with E-state index in [4.69, 9.17) is 5.73 Å². The Balaban J connectivity index is 1.72. The predicted molar refractivity (Wildman–Crippen MR) is 80.4 cm³/mol. The molecule has 0 saturated heterocycles. The van der Waals surface area contributed by atoms with Gasteiger partial charge in [0, 0.05) is 24.4 Å². The van der Waals surface area contributed by atoms with Crippen LogP contribution in [-0.4, -0.2) is 31.5 Å². The van der Waals surface area contributed by atoms with Crippen LogP contribution in [0.15, 0.2) is 48.8 Å². The van der Waals surface area contributed by atoms with Crippen LogP contribution in [0, 0.1) is 0 Å². The van der Waals surface area contributed by atoms with Crippen LogP contribution in [0.3, 0.4) is 0 Å². The Kier molecular flexibility index (Phi) is 3.72. The molecule has 21 heavy (non-hydrogen) atoms. The van der Waals surface area contributed by atoms with E-state index in [1.54, 1.807) is 16.9 Å². The van der Waals surface area contributed by atoms with Gasteiger partial charge >= 0.3 is 0 Å². The lowest BCUT2D eigenvalue weighted by molar-refractivity contribution is 0.608. The first-order chi connectivity index (χ1) is 10.3. The molecule has 3 aromatic rings. The molecular formula is C14H15N7. The molecule has 2 aromatic heterocycles. The molecule has 0 unspecified atom stereocenters. The zero-order valence-corrected chi connectivity index (χ0v) is 11.3. The summed E-state index contributed by atoms with van der Waals surface area (Å²) in [5.74, 6) is 1.74. The van der Waals surface area contributed by atoms with Crippen molar-refractivity contribution in [1.29, 1.82) is 0 Å². The van der Waals surface area contributed by atoms with Crippen LogP contribution < -0.4 is 11.1 Å². The Hall–Kier alpha value is -2.96. The number of hydrogen-bond acceptors (Lipinski definition) is 6. The van der Waals surface area contributed by atoms with Gasteiger partial charge in [0.1, 0.15) is 11.6 Å². The Morgan fingerprint density at radius 1 is 1.14 bits per heavy atom. The standard InChI is InChI=1S/C14H15N7/c15-12-10-13(16-6-8-21-9-7-17-20-21)19-14(18-12)11-4-2-1-3-5-11/h1-5,7,9-10H,6,8H2,(H3,15,16,18,19). The van der Waals surface area contributed by atoms with Crippen molar-refractivity contribution in [3.05, 3.63) is 48.8 Å². The van der Waals surface area contributed by atoms with Gasteiger partial charge in [0.15, 0.2) is 5.82 Å². The molecule has 0 aliphatic heterocycles. The normalized spacial score (nSPS) is 10.5. The van der Waals surface area contributed by atoms with E-state index in [1.807, 2.05) is 36.5 Å². The molecule has 7 nitrogen and oxygen atoms in total. The number of nitrogens with two attached hydrogens (primary N) is 1. The summed E-state index contributed by atoms with van der Waals surface area (Å²) < 4.78 is 1.75. The topological polar surface area (TPSA) is 94.5 Å². The quantitative estimate of drug-likeness (QED) is 0.734. The summed E-state index contributed by atoms with van der Waals surface area (Å²) in [6.07, 6.45) is 3.46. The first kappa shape index (κ1) is 13.0. The molecule has 7 heteroatoms. The fourth-order valence-corrected chi connectivity index (χ4v) is 1.92. The third-order valence-electron chi connectivity index (χ3n) is 2.90. The molecule has 1 aromatic carbocycles. The minimum Gasteiger partial charge on any atom is -0.384 e. The van der Waals surface area contributed by atoms with Crippen LogP contribution in [-0.2, 0) is 6.54 Å². The lowest BCUT2D eigenvalue weighted by atomic mass is 10.2. The molecule has 0 fully saturated rings. The lowest BCUT2D eigenvalue weighted by Gasteiger charge is -2.08. The summed E-state index contributed by atoms with van der Waals surface area (Å²) in [6.45, 7) is 1.37. The van der Waals surface area contributed by atoms with E-state index in [0.717, 1.165) is 5.56 Å². The van der Waals surface area contributed by atoms with Crippen LogP contribution in [0.25, 0.3) is 11.4 Å². The third kappa shape index (κ3) is 3.33. The molecule has 0 radical (unpaired) electrons. The van der Waals surface area contributed by atoms with Gasteiger partial charge in [0.2, 0.25) is 0 Å². The molecule has 0 spiro atoms. The second-order valence-corrected chi connectivity index (χ2v) is 4.46. The average Bonchev–Trinajstić information content (AvgIpc) is 3.01. The SMILES string of the molecule is Nc1cc(NCCn2ccnn2)nc(-c2ccccc2)n1. The zero-order valence-electron chi connectivity index (χ0n) is 11.3. The second-order valence-electron chi connectivity index (χ2n) is 4.46. The van der Waals surface area contributed by atoms with Gasteiger partial charge in [0.25, 0.3) is 0 Å². The highest BCUT2D eigenvalue weighted by Crippen LogP contribution is 2.18. The van der Waals surface area contributed by atoms with E-state index in [0.29, 0.717) is 30.5 Å². The van der Waals surface area contributed by atoms with E-state index >= 15 is 0 Å². The van der Waals surface area contributed by atoms with Gasteiger partial charge in [-0.05, 0) is 0 Å². The minimum absolute atomic E-state index is 0.437. The first-order valence-electron chi connectivity index (χ1n) is 6.59. The third-order valence-corrected chi connectivity index (χ3v) is 2.90. The summed E-state index contributed by atoms with van der Waals surface area (Å²) in [5, 5.41) is 10.9. The Morgan fingerprint density at radius 2 is 2.00 bits per heavy atom. The Morgan fingerprint density at radius 3 is 2.76 bits per heavy atom. The molecule has 0 aliphatic carbocycles. The molecule has 3 rings (SSSR count). The molecule has 3 N–H and O–H groups in total. The molecular weight excluding hydrogens is 266 g/mol. The highest BCUT2D eigenvalue weighted by Gasteiger charge is 2.04. The molecule has 106 valence electrons. The van der Waals surface area contributed by atoms with Gasteiger partial charge in [-0.3, -0.25) is 4.68 Å². The smallest absolute Gasteiger partial charge is 0.163 e. The predicted octanol–water partition coefficient (Wildman–Crippen LogP) is 1.43. The highest BCUT2D eigenvalue weighted by atomic mass is 15.4. The largest absolute Gasteiger partial charge is 0.384 e. The number of nitrogen functional groups attached to an aromatic ring is 1. The average molecular weight is 281 g/mol. The van der Waals surface area contributed by atoms with E-state index in [2.05, 4.69) is 25.6 Å². The van der Waals surface area contributed by atoms with Crippen molar-refractivity contribution in [3.63, 3.8) is 0 Å². The van der Waals surface area contributed by atoms with Crippen molar-refractivity contribution in [2.45, 2.75) is 6.54 Å². The summed E-state index contributed by atoms with van der Waals surface area (Å²) in [4.78, 5) is 8.74. The number of aromatic nitrogens is 5. The highest BCUT2D eigenvalue weighted by molar-refractivity contribution is 5.60. The van der Waals surface area contributed by atoms with Crippen LogP contribution in [0.2, 0.25) is 0 Å². The number of nitrogens with zero attached hydrogens (tertiary/aromatic N) is 5. The number of hydrogen-bond donors (Lipinski definition) is 2. The van der Waals surface area contributed by atoms with Gasteiger partial charge < -0.3 is 11.1 Å². The van der Waals surface area contributed by atoms with Crippen LogP contribution in [0.4, 0.5) is 11.6 Å². The van der Waals surface area contributed by atoms with E-state index in [1.165, 1.54) is 0 Å². The lowest BCUT2D eigenvalue weighted by Crippen LogP contribution is -2.12. The summed E-state index contributed by atoms with van der Waals surface area (Å²) in [6, 6.07) is 11.5. The van der Waals surface area contributed by atoms with E-state index < -0.39 is 0 Å². The summed E-state index contributed by atoms with van der Waals surface area (Å²) >= 11 is 0. The van der Waals surface area contributed by atoms with Crippen molar-refractivity contribution in [2.24, 2.45) is 0 Å². The zero-order chi connectivity index (χ0) is 14.5. The van der Waals surface area contributed by atoms with Crippen molar-refractivity contribution in [3.8, 4) is 11.4 Å². The van der Waals surface area contributed by atoms with Crippen LogP contribution in [0.5, 0.6) is 0 Å². The van der Waals surface area contributed by atoms with Crippen molar-refractivity contribution in [1.82, 2.24) is 25.0 Å². The molecule has 0 aliphatic rings. The minimum atomic E-state index is 0.437. The first-order valence-corrected chi connectivity index (χ1v) is 6.59. The summed E-state index contributed by atoms with van der Waals surface area (Å²) in [5.41, 5.74) is 6.78. The van der Waals surface area contributed by atoms with Crippen molar-refractivity contribution < 1.29 is 0 Å². The molecule has 0 atom stereocenters. The maximum atomic E-state index is 5.84. The van der Waals surface area contributed by atoms with Crippen LogP contribution >= 0.6 is 0 Å². The maximum Gasteiger partial charge on any atom is 0.163 e. The molecule has 0 amide bonds. The maximum absolute atomic E-state index is 5.84. The fourth-order valence-electron chi connectivity index (χ4n) is 1.92. The molecule has 2 heterocycles.